The lowest BCUT2D eigenvalue weighted by Crippen LogP contribution is -2.35. The van der Waals surface area contributed by atoms with Gasteiger partial charge in [0.2, 0.25) is 0 Å². The van der Waals surface area contributed by atoms with Crippen molar-refractivity contribution >= 4 is 28.4 Å². The normalized spacial score (nSPS) is 15.6. The molecule has 1 aromatic heterocycles. The number of fused-ring (bicyclic) bond motifs is 1. The van der Waals surface area contributed by atoms with Crippen molar-refractivity contribution in [1.29, 1.82) is 5.26 Å². The van der Waals surface area contributed by atoms with Crippen molar-refractivity contribution in [2.45, 2.75) is 12.8 Å². The van der Waals surface area contributed by atoms with Crippen molar-refractivity contribution in [2.24, 2.45) is 5.92 Å². The van der Waals surface area contributed by atoms with Crippen molar-refractivity contribution in [3.63, 3.8) is 0 Å². The summed E-state index contributed by atoms with van der Waals surface area (Å²) in [5, 5.41) is 10.5. The minimum atomic E-state index is 0.647. The van der Waals surface area contributed by atoms with Gasteiger partial charge >= 0.3 is 0 Å². The monoisotopic (exact) mass is 327 g/mol. The van der Waals surface area contributed by atoms with Crippen LogP contribution in [0.5, 0.6) is 5.75 Å². The zero-order chi connectivity index (χ0) is 16.2. The van der Waals surface area contributed by atoms with E-state index in [1.165, 1.54) is 18.6 Å². The van der Waals surface area contributed by atoms with E-state index in [-0.39, 0.29) is 0 Å². The largest absolute Gasteiger partial charge is 0.494 e. The molecule has 1 saturated heterocycles. The molecule has 0 saturated carbocycles. The first-order valence-electron chi connectivity index (χ1n) is 7.88. The molecule has 0 amide bonds. The molecule has 23 heavy (non-hydrogen) atoms. The maximum Gasteiger partial charge on any atom is 0.145 e. The molecule has 2 heterocycles. The van der Waals surface area contributed by atoms with Crippen LogP contribution in [0.25, 0.3) is 10.9 Å². The highest BCUT2D eigenvalue weighted by Crippen LogP contribution is 2.35. The Morgan fingerprint density at radius 1 is 1.39 bits per heavy atom. The van der Waals surface area contributed by atoms with E-state index in [9.17, 15) is 5.26 Å². The maximum absolute atomic E-state index is 9.52. The van der Waals surface area contributed by atoms with E-state index in [2.05, 4.69) is 22.2 Å². The van der Waals surface area contributed by atoms with Crippen LogP contribution in [-0.2, 0) is 0 Å². The molecule has 1 aliphatic rings. The second kappa shape index (κ2) is 7.10. The third-order valence-electron chi connectivity index (χ3n) is 4.51. The fourth-order valence-electron chi connectivity index (χ4n) is 3.33. The number of nitriles is 1. The Kier molecular flexibility index (Phi) is 4.92. The van der Waals surface area contributed by atoms with E-state index in [1.807, 2.05) is 30.0 Å². The van der Waals surface area contributed by atoms with Crippen LogP contribution >= 0.6 is 11.8 Å². The molecule has 0 aliphatic carbocycles. The summed E-state index contributed by atoms with van der Waals surface area (Å²) in [7, 11) is 1.65. The molecule has 0 unspecified atom stereocenters. The van der Waals surface area contributed by atoms with E-state index in [4.69, 9.17) is 4.74 Å². The molecule has 0 bridgehead atoms. The number of hydrogen-bond donors (Lipinski definition) is 0. The Bertz CT molecular complexity index is 733. The second-order valence-corrected chi connectivity index (χ2v) is 6.79. The van der Waals surface area contributed by atoms with Crippen LogP contribution < -0.4 is 9.64 Å². The predicted octanol–water partition coefficient (Wildman–Crippen LogP) is 3.69. The summed E-state index contributed by atoms with van der Waals surface area (Å²) in [6.07, 6.45) is 6.20. The lowest BCUT2D eigenvalue weighted by molar-refractivity contribution is 0.419. The van der Waals surface area contributed by atoms with Crippen LogP contribution in [0.1, 0.15) is 18.4 Å². The fourth-order valence-corrected chi connectivity index (χ4v) is 4.13. The van der Waals surface area contributed by atoms with Gasteiger partial charge in [0.1, 0.15) is 17.3 Å². The Morgan fingerprint density at radius 3 is 2.83 bits per heavy atom. The highest BCUT2D eigenvalue weighted by molar-refractivity contribution is 7.98. The number of benzene rings is 1. The van der Waals surface area contributed by atoms with Crippen LogP contribution in [0.4, 0.5) is 5.69 Å². The Labute approximate surface area is 141 Å². The van der Waals surface area contributed by atoms with Gasteiger partial charge in [0.05, 0.1) is 18.4 Å². The number of thioether (sulfide) groups is 1. The minimum absolute atomic E-state index is 0.647. The molecule has 1 fully saturated rings. The molecule has 0 spiro atoms. The molecule has 0 atom stereocenters. The second-order valence-electron chi connectivity index (χ2n) is 5.87. The van der Waals surface area contributed by atoms with E-state index in [0.717, 1.165) is 41.3 Å². The molecule has 0 N–H and O–H groups in total. The van der Waals surface area contributed by atoms with Crippen molar-refractivity contribution < 1.29 is 4.74 Å². The van der Waals surface area contributed by atoms with Crippen LogP contribution in [0.3, 0.4) is 0 Å². The molecular weight excluding hydrogens is 306 g/mol. The van der Waals surface area contributed by atoms with Crippen molar-refractivity contribution in [3.8, 4) is 11.8 Å². The zero-order valence-corrected chi connectivity index (χ0v) is 14.4. The van der Waals surface area contributed by atoms with Gasteiger partial charge in [0.15, 0.2) is 0 Å². The third-order valence-corrected chi connectivity index (χ3v) is 5.31. The molecule has 4 nitrogen and oxygen atoms in total. The summed E-state index contributed by atoms with van der Waals surface area (Å²) in [5.41, 5.74) is 2.49. The Balaban J connectivity index is 2.01. The molecule has 1 aliphatic heterocycles. The summed E-state index contributed by atoms with van der Waals surface area (Å²) >= 11 is 1.92. The standard InChI is InChI=1S/C18H21N3OS/c1-22-16-5-3-4-15-17(16)20-11-14(10-19)18(15)21-8-6-13(7-9-21)12-23-2/h3-5,11,13H,6-9,12H2,1-2H3. The summed E-state index contributed by atoms with van der Waals surface area (Å²) in [5.74, 6) is 2.77. The zero-order valence-electron chi connectivity index (χ0n) is 13.6. The molecule has 5 heteroatoms. The average Bonchev–Trinajstić information content (AvgIpc) is 2.61. The number of rotatable bonds is 4. The number of anilines is 1. The van der Waals surface area contributed by atoms with Gasteiger partial charge in [-0.25, -0.2) is 0 Å². The first-order valence-corrected chi connectivity index (χ1v) is 9.27. The quantitative estimate of drug-likeness (QED) is 0.857. The number of para-hydroxylation sites is 1. The lowest BCUT2D eigenvalue weighted by Gasteiger charge is -2.34. The van der Waals surface area contributed by atoms with E-state index >= 15 is 0 Å². The number of ether oxygens (including phenoxy) is 1. The highest BCUT2D eigenvalue weighted by atomic mass is 32.2. The van der Waals surface area contributed by atoms with Gasteiger partial charge in [0, 0.05) is 24.7 Å². The van der Waals surface area contributed by atoms with Gasteiger partial charge in [0.25, 0.3) is 0 Å². The number of methoxy groups -OCH3 is 1. The van der Waals surface area contributed by atoms with Crippen LogP contribution in [0.15, 0.2) is 24.4 Å². The fraction of sp³-hybridized carbons (Fsp3) is 0.444. The van der Waals surface area contributed by atoms with E-state index < -0.39 is 0 Å². The number of piperidine rings is 1. The molecule has 2 aromatic rings. The van der Waals surface area contributed by atoms with E-state index in [1.54, 1.807) is 13.3 Å². The van der Waals surface area contributed by atoms with Crippen molar-refractivity contribution in [1.82, 2.24) is 4.98 Å². The van der Waals surface area contributed by atoms with Gasteiger partial charge < -0.3 is 9.64 Å². The number of pyridine rings is 1. The summed E-state index contributed by atoms with van der Waals surface area (Å²) in [4.78, 5) is 6.79. The maximum atomic E-state index is 9.52. The molecule has 3 rings (SSSR count). The molecule has 0 radical (unpaired) electrons. The Hall–Kier alpha value is -1.93. The van der Waals surface area contributed by atoms with Crippen LogP contribution in [0.2, 0.25) is 0 Å². The van der Waals surface area contributed by atoms with Gasteiger partial charge in [-0.3, -0.25) is 4.98 Å². The number of aromatic nitrogens is 1. The first kappa shape index (κ1) is 15.9. The summed E-state index contributed by atoms with van der Waals surface area (Å²) in [6, 6.07) is 8.23. The lowest BCUT2D eigenvalue weighted by atomic mass is 9.97. The van der Waals surface area contributed by atoms with Gasteiger partial charge in [-0.05, 0) is 36.8 Å². The first-order chi connectivity index (χ1) is 11.3. The van der Waals surface area contributed by atoms with Gasteiger partial charge in [-0.1, -0.05) is 12.1 Å². The average molecular weight is 327 g/mol. The Morgan fingerprint density at radius 2 is 2.17 bits per heavy atom. The van der Waals surface area contributed by atoms with Crippen LogP contribution in [-0.4, -0.2) is 37.2 Å². The molecular formula is C18H21N3OS. The minimum Gasteiger partial charge on any atom is -0.494 e. The smallest absolute Gasteiger partial charge is 0.145 e. The van der Waals surface area contributed by atoms with E-state index in [0.29, 0.717) is 5.56 Å². The highest BCUT2D eigenvalue weighted by Gasteiger charge is 2.23. The van der Waals surface area contributed by atoms with Crippen molar-refractivity contribution in [3.05, 3.63) is 30.0 Å². The van der Waals surface area contributed by atoms with Gasteiger partial charge in [-0.15, -0.1) is 0 Å². The number of nitrogens with zero attached hydrogens (tertiary/aromatic N) is 3. The molecule has 1 aromatic carbocycles. The third kappa shape index (κ3) is 3.09. The number of hydrogen-bond acceptors (Lipinski definition) is 5. The van der Waals surface area contributed by atoms with Crippen molar-refractivity contribution in [2.75, 3.05) is 37.1 Å². The summed E-state index contributed by atoms with van der Waals surface area (Å²) < 4.78 is 5.43. The topological polar surface area (TPSA) is 49.1 Å². The van der Waals surface area contributed by atoms with Gasteiger partial charge in [-0.2, -0.15) is 17.0 Å². The SMILES string of the molecule is COc1cccc2c(N3CCC(CSC)CC3)c(C#N)cnc12. The predicted molar refractivity (Wildman–Crippen MR) is 96.3 cm³/mol. The molecule has 120 valence electrons. The van der Waals surface area contributed by atoms with Crippen LogP contribution in [0, 0.1) is 17.2 Å². The summed E-state index contributed by atoms with van der Waals surface area (Å²) in [6.45, 7) is 1.99.